The van der Waals surface area contributed by atoms with Gasteiger partial charge in [0.25, 0.3) is 5.91 Å². The van der Waals surface area contributed by atoms with E-state index in [1.807, 2.05) is 13.0 Å². The van der Waals surface area contributed by atoms with Crippen molar-refractivity contribution >= 4 is 28.2 Å². The fourth-order valence-electron chi connectivity index (χ4n) is 2.30. The number of nitrogens with one attached hydrogen (secondary N) is 1. The summed E-state index contributed by atoms with van der Waals surface area (Å²) in [5, 5.41) is 2.75. The molecule has 0 spiro atoms. The molecule has 0 bridgehead atoms. The van der Waals surface area contributed by atoms with Crippen LogP contribution in [0, 0.1) is 0 Å². The maximum absolute atomic E-state index is 11.8. The van der Waals surface area contributed by atoms with Gasteiger partial charge in [-0.15, -0.1) is 0 Å². The number of halogens is 1. The molecule has 1 N–H and O–H groups in total. The molecule has 1 saturated heterocycles. The average Bonchev–Trinajstić information content (AvgIpc) is 2.97. The first-order valence-electron chi connectivity index (χ1n) is 7.06. The van der Waals surface area contributed by atoms with Gasteiger partial charge in [-0.2, -0.15) is 0 Å². The van der Waals surface area contributed by atoms with Crippen molar-refractivity contribution in [3.8, 4) is 0 Å². The molecule has 21 heavy (non-hydrogen) atoms. The lowest BCUT2D eigenvalue weighted by molar-refractivity contribution is -0.120. The number of nitrogens with zero attached hydrogens (tertiary/aromatic N) is 1. The Labute approximate surface area is 135 Å². The monoisotopic (exact) mass is 354 g/mol. The molecule has 4 nitrogen and oxygen atoms in total. The van der Waals surface area contributed by atoms with Gasteiger partial charge >= 0.3 is 0 Å². The van der Waals surface area contributed by atoms with Crippen molar-refractivity contribution < 1.29 is 9.59 Å². The van der Waals surface area contributed by atoms with Gasteiger partial charge in [0.15, 0.2) is 0 Å². The molecule has 1 aliphatic carbocycles. The highest BCUT2D eigenvalue weighted by atomic mass is 79.9. The first-order valence-corrected chi connectivity index (χ1v) is 7.85. The number of carbonyl (C=O) groups is 2. The van der Waals surface area contributed by atoms with E-state index in [1.165, 1.54) is 24.2 Å². The number of carbonyl (C=O) groups excluding carboxylic acids is 2. The van der Waals surface area contributed by atoms with Crippen LogP contribution in [0.25, 0.3) is 0 Å². The van der Waals surface area contributed by atoms with Crippen LogP contribution < -0.4 is 5.32 Å². The third kappa shape index (κ3) is 4.84. The van der Waals surface area contributed by atoms with Gasteiger partial charge in [0, 0.05) is 0 Å². The molecular formula is C16H23BrN2O2. The number of rotatable bonds is 2. The summed E-state index contributed by atoms with van der Waals surface area (Å²) in [6, 6.07) is 0. The molecule has 116 valence electrons. The van der Waals surface area contributed by atoms with Crippen molar-refractivity contribution in [2.24, 2.45) is 0 Å². The van der Waals surface area contributed by atoms with Crippen LogP contribution in [0.1, 0.15) is 47.0 Å². The molecule has 1 fully saturated rings. The van der Waals surface area contributed by atoms with Crippen LogP contribution in [0.3, 0.4) is 0 Å². The average molecular weight is 355 g/mol. The fraction of sp³-hybridized carbons (Fsp3) is 0.500. The van der Waals surface area contributed by atoms with Crippen LogP contribution in [0.2, 0.25) is 0 Å². The zero-order valence-corrected chi connectivity index (χ0v) is 14.7. The van der Waals surface area contributed by atoms with Crippen molar-refractivity contribution in [3.05, 3.63) is 34.0 Å². The molecule has 0 atom stereocenters. The Morgan fingerprint density at radius 1 is 1.33 bits per heavy atom. The van der Waals surface area contributed by atoms with Gasteiger partial charge < -0.3 is 5.32 Å². The van der Waals surface area contributed by atoms with Crippen LogP contribution in [-0.4, -0.2) is 22.9 Å². The van der Waals surface area contributed by atoms with E-state index >= 15 is 0 Å². The zero-order chi connectivity index (χ0) is 16.0. The summed E-state index contributed by atoms with van der Waals surface area (Å²) in [6.45, 7) is 7.24. The SMILES string of the molecule is C1=CCCC1.CC(/C=C(\C)Br)=C1\C(=O)NC(C)(C)N1C=O. The Hall–Kier alpha value is -1.36. The van der Waals surface area contributed by atoms with Crippen molar-refractivity contribution in [3.63, 3.8) is 0 Å². The summed E-state index contributed by atoms with van der Waals surface area (Å²) < 4.78 is 0.904. The summed E-state index contributed by atoms with van der Waals surface area (Å²) in [5.41, 5.74) is 0.493. The first-order chi connectivity index (χ1) is 9.79. The maximum Gasteiger partial charge on any atom is 0.270 e. The fourth-order valence-corrected chi connectivity index (χ4v) is 2.64. The van der Waals surface area contributed by atoms with Gasteiger partial charge in [-0.3, -0.25) is 14.5 Å². The molecule has 2 aliphatic rings. The molecule has 0 aromatic rings. The highest BCUT2D eigenvalue weighted by molar-refractivity contribution is 9.11. The lowest BCUT2D eigenvalue weighted by Gasteiger charge is -2.27. The van der Waals surface area contributed by atoms with E-state index in [1.54, 1.807) is 20.8 Å². The Bertz CT molecular complexity index is 494. The zero-order valence-electron chi connectivity index (χ0n) is 13.1. The van der Waals surface area contributed by atoms with E-state index in [0.29, 0.717) is 12.1 Å². The minimum Gasteiger partial charge on any atom is -0.328 e. The van der Waals surface area contributed by atoms with Crippen molar-refractivity contribution in [1.29, 1.82) is 0 Å². The van der Waals surface area contributed by atoms with Gasteiger partial charge in [-0.1, -0.05) is 28.1 Å². The Balaban J connectivity index is 0.000000369. The second-order valence-corrected chi connectivity index (χ2v) is 6.90. The van der Waals surface area contributed by atoms with Crippen LogP contribution >= 0.6 is 15.9 Å². The maximum atomic E-state index is 11.8. The highest BCUT2D eigenvalue weighted by Gasteiger charge is 2.41. The molecule has 0 saturated carbocycles. The van der Waals surface area contributed by atoms with Crippen LogP contribution in [0.15, 0.2) is 34.0 Å². The molecule has 2 rings (SSSR count). The van der Waals surface area contributed by atoms with E-state index in [-0.39, 0.29) is 5.91 Å². The van der Waals surface area contributed by atoms with E-state index in [2.05, 4.69) is 33.4 Å². The topological polar surface area (TPSA) is 49.4 Å². The molecule has 0 unspecified atom stereocenters. The normalized spacial score (nSPS) is 22.6. The lowest BCUT2D eigenvalue weighted by Crippen LogP contribution is -2.45. The van der Waals surface area contributed by atoms with Crippen LogP contribution in [0.5, 0.6) is 0 Å². The number of amides is 2. The van der Waals surface area contributed by atoms with Crippen LogP contribution in [-0.2, 0) is 9.59 Å². The summed E-state index contributed by atoms with van der Waals surface area (Å²) in [4.78, 5) is 24.2. The minimum atomic E-state index is -0.663. The smallest absolute Gasteiger partial charge is 0.270 e. The highest BCUT2D eigenvalue weighted by Crippen LogP contribution is 2.26. The third-order valence-corrected chi connectivity index (χ3v) is 3.51. The molecule has 5 heteroatoms. The molecule has 2 amide bonds. The minimum absolute atomic E-state index is 0.223. The number of allylic oxidation sites excluding steroid dienone is 5. The summed E-state index contributed by atoms with van der Waals surface area (Å²) >= 11 is 3.30. The molecule has 0 aromatic carbocycles. The van der Waals surface area contributed by atoms with Crippen molar-refractivity contribution in [1.82, 2.24) is 10.2 Å². The Kier molecular flexibility index (Phi) is 6.40. The molecule has 0 aromatic heterocycles. The van der Waals surface area contributed by atoms with Crippen molar-refractivity contribution in [2.75, 3.05) is 0 Å². The predicted molar refractivity (Wildman–Crippen MR) is 88.5 cm³/mol. The number of hydrogen-bond acceptors (Lipinski definition) is 2. The van der Waals surface area contributed by atoms with Gasteiger partial charge in [-0.25, -0.2) is 0 Å². The molecule has 1 aliphatic heterocycles. The summed E-state index contributed by atoms with van der Waals surface area (Å²) in [6.07, 6.45) is 11.0. The Morgan fingerprint density at radius 2 is 1.90 bits per heavy atom. The third-order valence-electron chi connectivity index (χ3n) is 3.28. The number of hydrogen-bond donors (Lipinski definition) is 1. The van der Waals surface area contributed by atoms with Gasteiger partial charge in [0.2, 0.25) is 6.41 Å². The molecular weight excluding hydrogens is 332 g/mol. The van der Waals surface area contributed by atoms with Gasteiger partial charge in [-0.05, 0) is 63.1 Å². The second kappa shape index (κ2) is 7.59. The van der Waals surface area contributed by atoms with E-state index < -0.39 is 5.66 Å². The lowest BCUT2D eigenvalue weighted by atomic mass is 10.2. The quantitative estimate of drug-likeness (QED) is 0.467. The summed E-state index contributed by atoms with van der Waals surface area (Å²) in [5.74, 6) is -0.223. The van der Waals surface area contributed by atoms with E-state index in [4.69, 9.17) is 0 Å². The van der Waals surface area contributed by atoms with E-state index in [0.717, 1.165) is 10.1 Å². The first kappa shape index (κ1) is 17.7. The predicted octanol–water partition coefficient (Wildman–Crippen LogP) is 3.61. The molecule has 1 heterocycles. The van der Waals surface area contributed by atoms with Gasteiger partial charge in [0.1, 0.15) is 11.4 Å². The summed E-state index contributed by atoms with van der Waals surface area (Å²) in [7, 11) is 0. The van der Waals surface area contributed by atoms with Gasteiger partial charge in [0.05, 0.1) is 0 Å². The van der Waals surface area contributed by atoms with Crippen LogP contribution in [0.4, 0.5) is 0 Å². The standard InChI is InChI=1S/C11H15BrN2O2.C5H8/c1-7(5-8(2)12)9-10(16)13-11(3,4)14(9)6-15;1-2-4-5-3-1/h5-6H,1-4H3,(H,13,16);1-2H,3-5H2/b8-5+,9-7-;. The Morgan fingerprint density at radius 3 is 2.29 bits per heavy atom. The van der Waals surface area contributed by atoms with Crippen molar-refractivity contribution in [2.45, 2.75) is 52.6 Å². The molecule has 0 radical (unpaired) electrons. The second-order valence-electron chi connectivity index (χ2n) is 5.65. The largest absolute Gasteiger partial charge is 0.328 e. The van der Waals surface area contributed by atoms with E-state index in [9.17, 15) is 9.59 Å².